The molecule has 3 nitrogen and oxygen atoms in total. The van der Waals surface area contributed by atoms with Crippen molar-refractivity contribution in [2.24, 2.45) is 0 Å². The normalized spacial score (nSPS) is 16.7. The van der Waals surface area contributed by atoms with Crippen LogP contribution in [-0.2, 0) is 6.42 Å². The number of ether oxygens (including phenoxy) is 2. The Kier molecular flexibility index (Phi) is 4.73. The second-order valence-electron chi connectivity index (χ2n) is 7.15. The second kappa shape index (κ2) is 7.16. The van der Waals surface area contributed by atoms with Crippen LogP contribution in [0.5, 0.6) is 11.5 Å². The van der Waals surface area contributed by atoms with Gasteiger partial charge >= 0.3 is 0 Å². The zero-order valence-electron chi connectivity index (χ0n) is 15.5. The van der Waals surface area contributed by atoms with Gasteiger partial charge in [0.25, 0.3) is 0 Å². The lowest BCUT2D eigenvalue weighted by molar-refractivity contribution is 0.277. The van der Waals surface area contributed by atoms with Gasteiger partial charge in [0.05, 0.1) is 19.6 Å². The molecule has 0 spiro atoms. The number of aliphatic hydroxyl groups is 1. The van der Waals surface area contributed by atoms with E-state index in [1.165, 1.54) is 40.1 Å². The van der Waals surface area contributed by atoms with Crippen LogP contribution in [0, 0.1) is 0 Å². The summed E-state index contributed by atoms with van der Waals surface area (Å²) in [5.41, 5.74) is 2.92. The molecule has 1 N–H and O–H groups in total. The Morgan fingerprint density at radius 1 is 1.00 bits per heavy atom. The highest BCUT2D eigenvalue weighted by Crippen LogP contribution is 2.44. The first kappa shape index (κ1) is 17.2. The van der Waals surface area contributed by atoms with Gasteiger partial charge in [0, 0.05) is 6.61 Å². The average molecular weight is 350 g/mol. The summed E-state index contributed by atoms with van der Waals surface area (Å²) >= 11 is 0. The van der Waals surface area contributed by atoms with Crippen molar-refractivity contribution in [2.75, 3.05) is 20.8 Å². The fraction of sp³-hybridized carbons (Fsp3) is 0.391. The summed E-state index contributed by atoms with van der Waals surface area (Å²) in [6.07, 6.45) is 5.48. The van der Waals surface area contributed by atoms with E-state index in [-0.39, 0.29) is 6.61 Å². The van der Waals surface area contributed by atoms with Crippen LogP contribution >= 0.6 is 0 Å². The van der Waals surface area contributed by atoms with Crippen molar-refractivity contribution in [3.05, 3.63) is 47.5 Å². The molecule has 1 atom stereocenters. The minimum atomic E-state index is 0.275. The van der Waals surface area contributed by atoms with E-state index in [4.69, 9.17) is 9.47 Å². The van der Waals surface area contributed by atoms with Gasteiger partial charge in [-0.15, -0.1) is 0 Å². The molecule has 0 heterocycles. The van der Waals surface area contributed by atoms with Crippen LogP contribution in [0.25, 0.3) is 21.5 Å². The molecule has 4 rings (SSSR count). The topological polar surface area (TPSA) is 38.7 Å². The minimum Gasteiger partial charge on any atom is -0.496 e. The number of methoxy groups -OCH3 is 2. The molecule has 136 valence electrons. The Labute approximate surface area is 154 Å². The van der Waals surface area contributed by atoms with Crippen molar-refractivity contribution in [3.63, 3.8) is 0 Å². The first-order chi connectivity index (χ1) is 12.8. The lowest BCUT2D eigenvalue weighted by Crippen LogP contribution is -2.11. The zero-order valence-corrected chi connectivity index (χ0v) is 15.5. The number of fused-ring (bicyclic) bond motifs is 5. The zero-order chi connectivity index (χ0) is 18.1. The quantitative estimate of drug-likeness (QED) is 0.643. The standard InChI is InChI=1S/C23H26O3/c1-25-21-10-4-9-19-18-12-11-16-15(7-5-13-24)6-3-8-17(16)20(18)14-22(26-2)23(19)21/h4,9-12,14-15,24H,3,5-8,13H2,1-2H3. The maximum Gasteiger partial charge on any atom is 0.131 e. The fourth-order valence-electron chi connectivity index (χ4n) is 4.61. The summed E-state index contributed by atoms with van der Waals surface area (Å²) in [4.78, 5) is 0. The van der Waals surface area contributed by atoms with Gasteiger partial charge in [-0.3, -0.25) is 0 Å². The molecule has 1 aliphatic rings. The van der Waals surface area contributed by atoms with Gasteiger partial charge in [-0.2, -0.15) is 0 Å². The Morgan fingerprint density at radius 3 is 2.62 bits per heavy atom. The molecule has 1 aliphatic carbocycles. The highest BCUT2D eigenvalue weighted by molar-refractivity contribution is 6.13. The van der Waals surface area contributed by atoms with Crippen LogP contribution in [-0.4, -0.2) is 25.9 Å². The van der Waals surface area contributed by atoms with Crippen LogP contribution < -0.4 is 9.47 Å². The molecule has 0 saturated heterocycles. The molecular formula is C23H26O3. The number of hydrogen-bond donors (Lipinski definition) is 1. The van der Waals surface area contributed by atoms with E-state index < -0.39 is 0 Å². The van der Waals surface area contributed by atoms with Crippen molar-refractivity contribution in [3.8, 4) is 11.5 Å². The highest BCUT2D eigenvalue weighted by atomic mass is 16.5. The molecule has 3 aromatic carbocycles. The van der Waals surface area contributed by atoms with Gasteiger partial charge in [0.1, 0.15) is 11.5 Å². The third kappa shape index (κ3) is 2.71. The van der Waals surface area contributed by atoms with E-state index in [0.717, 1.165) is 36.1 Å². The largest absolute Gasteiger partial charge is 0.496 e. The third-order valence-electron chi connectivity index (χ3n) is 5.80. The SMILES string of the molecule is COc1cccc2c1c(OC)cc1c3c(ccc12)C(CCCO)CCC3. The molecule has 0 aromatic heterocycles. The number of aryl methyl sites for hydroxylation is 1. The van der Waals surface area contributed by atoms with Gasteiger partial charge in [-0.25, -0.2) is 0 Å². The van der Waals surface area contributed by atoms with Crippen LogP contribution in [0.3, 0.4) is 0 Å². The Hall–Kier alpha value is -2.26. The van der Waals surface area contributed by atoms with E-state index >= 15 is 0 Å². The maximum atomic E-state index is 9.22. The van der Waals surface area contributed by atoms with Crippen LogP contribution in [0.4, 0.5) is 0 Å². The summed E-state index contributed by atoms with van der Waals surface area (Å²) in [5.74, 6) is 2.28. The smallest absolute Gasteiger partial charge is 0.131 e. The summed E-state index contributed by atoms with van der Waals surface area (Å²) in [5, 5.41) is 14.0. The molecule has 0 aliphatic heterocycles. The van der Waals surface area contributed by atoms with Gasteiger partial charge in [0.15, 0.2) is 0 Å². The highest BCUT2D eigenvalue weighted by Gasteiger charge is 2.23. The molecule has 0 fully saturated rings. The van der Waals surface area contributed by atoms with E-state index in [0.29, 0.717) is 5.92 Å². The van der Waals surface area contributed by atoms with Crippen molar-refractivity contribution in [1.29, 1.82) is 0 Å². The number of hydrogen-bond acceptors (Lipinski definition) is 3. The van der Waals surface area contributed by atoms with Gasteiger partial charge in [-0.05, 0) is 77.4 Å². The molecule has 26 heavy (non-hydrogen) atoms. The van der Waals surface area contributed by atoms with E-state index in [9.17, 15) is 5.11 Å². The third-order valence-corrected chi connectivity index (χ3v) is 5.80. The number of rotatable bonds is 5. The van der Waals surface area contributed by atoms with Crippen molar-refractivity contribution < 1.29 is 14.6 Å². The van der Waals surface area contributed by atoms with E-state index in [1.807, 2.05) is 12.1 Å². The van der Waals surface area contributed by atoms with Crippen molar-refractivity contribution in [1.82, 2.24) is 0 Å². The molecule has 1 unspecified atom stereocenters. The molecule has 0 saturated carbocycles. The van der Waals surface area contributed by atoms with Crippen LogP contribution in [0.2, 0.25) is 0 Å². The van der Waals surface area contributed by atoms with E-state index in [1.54, 1.807) is 14.2 Å². The predicted molar refractivity (Wildman–Crippen MR) is 107 cm³/mol. The summed E-state index contributed by atoms with van der Waals surface area (Å²) in [6, 6.07) is 12.9. The Bertz CT molecular complexity index is 945. The fourth-order valence-corrected chi connectivity index (χ4v) is 4.61. The first-order valence-electron chi connectivity index (χ1n) is 9.48. The summed E-state index contributed by atoms with van der Waals surface area (Å²) in [6.45, 7) is 0.275. The van der Waals surface area contributed by atoms with Gasteiger partial charge < -0.3 is 14.6 Å². The van der Waals surface area contributed by atoms with Crippen LogP contribution in [0.15, 0.2) is 36.4 Å². The van der Waals surface area contributed by atoms with Crippen molar-refractivity contribution in [2.45, 2.75) is 38.0 Å². The predicted octanol–water partition coefficient (Wildman–Crippen LogP) is 5.20. The van der Waals surface area contributed by atoms with Gasteiger partial charge in [-0.1, -0.05) is 24.3 Å². The van der Waals surface area contributed by atoms with Crippen LogP contribution in [0.1, 0.15) is 42.7 Å². The lowest BCUT2D eigenvalue weighted by Gasteiger charge is -2.27. The molecule has 0 radical (unpaired) electrons. The van der Waals surface area contributed by atoms with E-state index in [2.05, 4.69) is 24.3 Å². The number of aliphatic hydroxyl groups excluding tert-OH is 1. The minimum absolute atomic E-state index is 0.275. The van der Waals surface area contributed by atoms with Crippen molar-refractivity contribution >= 4 is 21.5 Å². The summed E-state index contributed by atoms with van der Waals surface area (Å²) in [7, 11) is 3.43. The molecule has 3 heteroatoms. The molecule has 0 bridgehead atoms. The maximum absolute atomic E-state index is 9.22. The average Bonchev–Trinajstić information content (AvgIpc) is 2.70. The molecular weight excluding hydrogens is 324 g/mol. The Balaban J connectivity index is 1.98. The molecule has 0 amide bonds. The summed E-state index contributed by atoms with van der Waals surface area (Å²) < 4.78 is 11.3. The second-order valence-corrected chi connectivity index (χ2v) is 7.15. The molecule has 3 aromatic rings. The first-order valence-corrected chi connectivity index (χ1v) is 9.48. The Morgan fingerprint density at radius 2 is 1.85 bits per heavy atom. The monoisotopic (exact) mass is 350 g/mol. The lowest BCUT2D eigenvalue weighted by atomic mass is 9.78. The number of benzene rings is 3. The van der Waals surface area contributed by atoms with Gasteiger partial charge in [0.2, 0.25) is 0 Å².